The fraction of sp³-hybridized carbons (Fsp3) is 0.250. The molecule has 0 N–H and O–H groups in total. The van der Waals surface area contributed by atoms with E-state index in [0.29, 0.717) is 23.0 Å². The zero-order valence-electron chi connectivity index (χ0n) is 12.3. The number of carbonyl (C=O) groups excluding carboxylic acids is 2. The molecule has 2 rings (SSSR count). The SMILES string of the molecule is C#CCN1C(=O)S/C(=C\c2ccc(OCC)c(OC)c2)C1=O. The van der Waals surface area contributed by atoms with Gasteiger partial charge >= 0.3 is 0 Å². The van der Waals surface area contributed by atoms with Gasteiger partial charge in [-0.25, -0.2) is 0 Å². The van der Waals surface area contributed by atoms with Crippen molar-refractivity contribution < 1.29 is 19.1 Å². The van der Waals surface area contributed by atoms with Crippen molar-refractivity contribution in [3.8, 4) is 23.8 Å². The molecule has 2 amide bonds. The lowest BCUT2D eigenvalue weighted by atomic mass is 10.2. The van der Waals surface area contributed by atoms with Crippen molar-refractivity contribution in [2.24, 2.45) is 0 Å². The number of ether oxygens (including phenoxy) is 2. The summed E-state index contributed by atoms with van der Waals surface area (Å²) in [5, 5.41) is -0.355. The molecule has 22 heavy (non-hydrogen) atoms. The Bertz CT molecular complexity index is 675. The highest BCUT2D eigenvalue weighted by atomic mass is 32.2. The predicted octanol–water partition coefficient (Wildman–Crippen LogP) is 2.76. The number of nitrogens with zero attached hydrogens (tertiary/aromatic N) is 1. The lowest BCUT2D eigenvalue weighted by Gasteiger charge is -2.09. The van der Waals surface area contributed by atoms with Gasteiger partial charge in [0, 0.05) is 0 Å². The van der Waals surface area contributed by atoms with Gasteiger partial charge in [0.2, 0.25) is 0 Å². The zero-order chi connectivity index (χ0) is 16.1. The van der Waals surface area contributed by atoms with Gasteiger partial charge in [-0.3, -0.25) is 14.5 Å². The van der Waals surface area contributed by atoms with Crippen molar-refractivity contribution in [3.05, 3.63) is 28.7 Å². The highest BCUT2D eigenvalue weighted by molar-refractivity contribution is 8.18. The molecule has 1 aliphatic rings. The fourth-order valence-electron chi connectivity index (χ4n) is 1.93. The molecule has 1 aliphatic heterocycles. The second-order valence-electron chi connectivity index (χ2n) is 4.32. The number of amides is 2. The number of rotatable bonds is 5. The van der Waals surface area contributed by atoms with Gasteiger partial charge in [0.05, 0.1) is 25.2 Å². The second kappa shape index (κ2) is 7.05. The normalized spacial score (nSPS) is 16.0. The topological polar surface area (TPSA) is 55.8 Å². The molecule has 114 valence electrons. The van der Waals surface area contributed by atoms with Crippen LogP contribution in [0.3, 0.4) is 0 Å². The molecule has 0 radical (unpaired) electrons. The molecule has 6 heteroatoms. The van der Waals surface area contributed by atoms with E-state index in [-0.39, 0.29) is 17.7 Å². The van der Waals surface area contributed by atoms with Gasteiger partial charge in [-0.15, -0.1) is 6.42 Å². The molecule has 0 saturated carbocycles. The number of imide groups is 1. The van der Waals surface area contributed by atoms with Crippen LogP contribution in [0.1, 0.15) is 12.5 Å². The third-order valence-corrected chi connectivity index (χ3v) is 3.82. The summed E-state index contributed by atoms with van der Waals surface area (Å²) in [5.74, 6) is 3.12. The summed E-state index contributed by atoms with van der Waals surface area (Å²) in [6.45, 7) is 2.39. The average Bonchev–Trinajstić information content (AvgIpc) is 2.77. The second-order valence-corrected chi connectivity index (χ2v) is 5.31. The summed E-state index contributed by atoms with van der Waals surface area (Å²) in [7, 11) is 1.54. The summed E-state index contributed by atoms with van der Waals surface area (Å²) in [6, 6.07) is 5.31. The van der Waals surface area contributed by atoms with Crippen LogP contribution in [0, 0.1) is 12.3 Å². The maximum Gasteiger partial charge on any atom is 0.294 e. The van der Waals surface area contributed by atoms with Crippen molar-refractivity contribution >= 4 is 29.0 Å². The van der Waals surface area contributed by atoms with Gasteiger partial charge in [0.1, 0.15) is 0 Å². The van der Waals surface area contributed by atoms with E-state index in [9.17, 15) is 9.59 Å². The maximum atomic E-state index is 12.1. The van der Waals surface area contributed by atoms with Crippen molar-refractivity contribution in [2.75, 3.05) is 20.3 Å². The molecule has 1 saturated heterocycles. The molecule has 0 atom stereocenters. The van der Waals surface area contributed by atoms with Crippen molar-refractivity contribution in [3.63, 3.8) is 0 Å². The lowest BCUT2D eigenvalue weighted by molar-refractivity contribution is -0.122. The van der Waals surface area contributed by atoms with Crippen LogP contribution >= 0.6 is 11.8 Å². The molecule has 1 aromatic rings. The minimum Gasteiger partial charge on any atom is -0.493 e. The van der Waals surface area contributed by atoms with Crippen LogP contribution < -0.4 is 9.47 Å². The highest BCUT2D eigenvalue weighted by Crippen LogP contribution is 2.34. The van der Waals surface area contributed by atoms with Crippen LogP contribution in [0.4, 0.5) is 4.79 Å². The standard InChI is InChI=1S/C16H15NO4S/c1-4-8-17-15(18)14(22-16(17)19)10-11-6-7-12(21-5-2)13(9-11)20-3/h1,6-7,9-10H,5,8H2,2-3H3/b14-10-. The average molecular weight is 317 g/mol. The minimum atomic E-state index is -0.374. The number of hydrogen-bond donors (Lipinski definition) is 0. The van der Waals surface area contributed by atoms with Crippen molar-refractivity contribution in [1.29, 1.82) is 0 Å². The van der Waals surface area contributed by atoms with Crippen molar-refractivity contribution in [1.82, 2.24) is 4.90 Å². The van der Waals surface area contributed by atoms with Gasteiger partial charge < -0.3 is 9.47 Å². The van der Waals surface area contributed by atoms with Gasteiger partial charge in [-0.05, 0) is 42.5 Å². The van der Waals surface area contributed by atoms with Crippen molar-refractivity contribution in [2.45, 2.75) is 6.92 Å². The first kappa shape index (κ1) is 16.0. The number of benzene rings is 1. The highest BCUT2D eigenvalue weighted by Gasteiger charge is 2.34. The lowest BCUT2D eigenvalue weighted by Crippen LogP contribution is -2.28. The van der Waals surface area contributed by atoms with Crippen LogP contribution in [0.15, 0.2) is 23.1 Å². The Morgan fingerprint density at radius 3 is 2.77 bits per heavy atom. The number of terminal acetylenes is 1. The van der Waals surface area contributed by atoms with E-state index in [1.54, 1.807) is 31.4 Å². The largest absolute Gasteiger partial charge is 0.493 e. The van der Waals surface area contributed by atoms with Crippen LogP contribution in [0.2, 0.25) is 0 Å². The Hall–Kier alpha value is -2.39. The van der Waals surface area contributed by atoms with E-state index in [4.69, 9.17) is 15.9 Å². The molecular weight excluding hydrogens is 302 g/mol. The molecule has 1 heterocycles. The van der Waals surface area contributed by atoms with Gasteiger partial charge in [-0.2, -0.15) is 0 Å². The number of methoxy groups -OCH3 is 1. The maximum absolute atomic E-state index is 12.1. The summed E-state index contributed by atoms with van der Waals surface area (Å²) >= 11 is 0.875. The van der Waals surface area contributed by atoms with Crippen LogP contribution in [0.5, 0.6) is 11.5 Å². The first-order valence-corrected chi connectivity index (χ1v) is 7.42. The summed E-state index contributed by atoms with van der Waals surface area (Å²) in [5.41, 5.74) is 0.742. The number of hydrogen-bond acceptors (Lipinski definition) is 5. The minimum absolute atomic E-state index is 0.0192. The Kier molecular flexibility index (Phi) is 5.12. The molecule has 5 nitrogen and oxygen atoms in total. The third kappa shape index (κ3) is 3.26. The monoisotopic (exact) mass is 317 g/mol. The first-order chi connectivity index (χ1) is 10.6. The van der Waals surface area contributed by atoms with E-state index in [2.05, 4.69) is 5.92 Å². The Morgan fingerprint density at radius 2 is 2.14 bits per heavy atom. The summed E-state index contributed by atoms with van der Waals surface area (Å²) < 4.78 is 10.7. The smallest absolute Gasteiger partial charge is 0.294 e. The molecule has 1 aromatic carbocycles. The molecular formula is C16H15NO4S. The molecule has 0 unspecified atom stereocenters. The predicted molar refractivity (Wildman–Crippen MR) is 85.7 cm³/mol. The summed E-state index contributed by atoms with van der Waals surface area (Å²) in [4.78, 5) is 25.2. The zero-order valence-corrected chi connectivity index (χ0v) is 13.1. The van der Waals surface area contributed by atoms with Crippen LogP contribution in [-0.4, -0.2) is 36.3 Å². The molecule has 0 aromatic heterocycles. The number of carbonyl (C=O) groups is 2. The Balaban J connectivity index is 2.28. The van der Waals surface area contributed by atoms with E-state index in [0.717, 1.165) is 22.2 Å². The first-order valence-electron chi connectivity index (χ1n) is 6.60. The van der Waals surface area contributed by atoms with Crippen LogP contribution in [0.25, 0.3) is 6.08 Å². The van der Waals surface area contributed by atoms with Crippen LogP contribution in [-0.2, 0) is 4.79 Å². The summed E-state index contributed by atoms with van der Waals surface area (Å²) in [6.07, 6.45) is 6.80. The Labute approximate surface area is 133 Å². The van der Waals surface area contributed by atoms with E-state index >= 15 is 0 Å². The third-order valence-electron chi connectivity index (χ3n) is 2.91. The van der Waals surface area contributed by atoms with Gasteiger partial charge in [0.25, 0.3) is 11.1 Å². The van der Waals surface area contributed by atoms with E-state index in [1.807, 2.05) is 6.92 Å². The molecule has 0 bridgehead atoms. The van der Waals surface area contributed by atoms with Gasteiger partial charge in [0.15, 0.2) is 11.5 Å². The molecule has 1 fully saturated rings. The fourth-order valence-corrected chi connectivity index (χ4v) is 2.77. The number of thioether (sulfide) groups is 1. The van der Waals surface area contributed by atoms with E-state index < -0.39 is 0 Å². The molecule has 0 aliphatic carbocycles. The Morgan fingerprint density at radius 1 is 1.36 bits per heavy atom. The van der Waals surface area contributed by atoms with Gasteiger partial charge in [-0.1, -0.05) is 12.0 Å². The quantitative estimate of drug-likeness (QED) is 0.617. The van der Waals surface area contributed by atoms with E-state index in [1.165, 1.54) is 0 Å². The molecule has 0 spiro atoms.